The van der Waals surface area contributed by atoms with E-state index in [9.17, 15) is 9.59 Å². The zero-order valence-electron chi connectivity index (χ0n) is 20.0. The topological polar surface area (TPSA) is 114 Å². The number of carbonyl (C=O) groups is 2. The summed E-state index contributed by atoms with van der Waals surface area (Å²) in [5, 5.41) is 11.8. The molecule has 3 fully saturated rings. The summed E-state index contributed by atoms with van der Waals surface area (Å²) >= 11 is 0. The average molecular weight is 484 g/mol. The monoisotopic (exact) mass is 483 g/mol. The molecule has 0 aliphatic carbocycles. The predicted molar refractivity (Wildman–Crippen MR) is 128 cm³/mol. The van der Waals surface area contributed by atoms with E-state index in [-0.39, 0.29) is 30.4 Å². The molecule has 0 spiro atoms. The first-order valence-corrected chi connectivity index (χ1v) is 11.4. The lowest BCUT2D eigenvalue weighted by atomic mass is 10.1. The molecule has 11 nitrogen and oxygen atoms in total. The van der Waals surface area contributed by atoms with E-state index in [1.54, 1.807) is 55.6 Å². The minimum Gasteiger partial charge on any atom is -0.497 e. The third-order valence-corrected chi connectivity index (χ3v) is 6.13. The first-order chi connectivity index (χ1) is 16.7. The molecule has 5 rings (SSSR count). The second-order valence-electron chi connectivity index (χ2n) is 9.13. The third-order valence-electron chi connectivity index (χ3n) is 6.13. The molecule has 3 saturated heterocycles. The molecule has 2 aromatic carbocycles. The number of likely N-dealkylation sites (N-methyl/N-ethyl adjacent to an activating group) is 1. The average Bonchev–Trinajstić information content (AvgIpc) is 3.27. The highest BCUT2D eigenvalue weighted by atomic mass is 16.8. The van der Waals surface area contributed by atoms with Gasteiger partial charge < -0.3 is 34.9 Å². The molecule has 186 valence electrons. The van der Waals surface area contributed by atoms with E-state index in [1.807, 2.05) is 25.9 Å². The zero-order valence-corrected chi connectivity index (χ0v) is 20.0. The smallest absolute Gasteiger partial charge is 0.338 e. The maximum Gasteiger partial charge on any atom is 0.338 e. The predicted octanol–water partition coefficient (Wildman–Crippen LogP) is 3.28. The minimum absolute atomic E-state index is 0.157. The first-order valence-electron chi connectivity index (χ1n) is 11.4. The van der Waals surface area contributed by atoms with E-state index < -0.39 is 12.0 Å². The summed E-state index contributed by atoms with van der Waals surface area (Å²) in [4.78, 5) is 25.4. The molecule has 3 N–H and O–H groups in total. The second kappa shape index (κ2) is 9.00. The largest absolute Gasteiger partial charge is 0.497 e. The summed E-state index contributed by atoms with van der Waals surface area (Å²) in [6, 6.07) is 13.1. The van der Waals surface area contributed by atoms with Crippen LogP contribution in [-0.4, -0.2) is 73.1 Å². The molecule has 0 saturated carbocycles. The Morgan fingerprint density at radius 3 is 2.06 bits per heavy atom. The number of amides is 4. The van der Waals surface area contributed by atoms with Gasteiger partial charge in [-0.25, -0.2) is 19.6 Å². The van der Waals surface area contributed by atoms with Crippen molar-refractivity contribution in [3.63, 3.8) is 0 Å². The Balaban J connectivity index is 1.18. The second-order valence-corrected chi connectivity index (χ2v) is 9.13. The van der Waals surface area contributed by atoms with Gasteiger partial charge in [0.05, 0.1) is 7.11 Å². The van der Waals surface area contributed by atoms with Gasteiger partial charge in [0, 0.05) is 30.7 Å². The number of carbonyl (C=O) groups excluding carboxylic acids is 2. The fraction of sp³-hybridized carbons (Fsp3) is 0.417. The number of fused-ring (bicyclic) bond motifs is 5. The fourth-order valence-electron chi connectivity index (χ4n) is 4.60. The van der Waals surface area contributed by atoms with Crippen molar-refractivity contribution in [1.29, 1.82) is 0 Å². The Morgan fingerprint density at radius 1 is 0.914 bits per heavy atom. The Kier molecular flexibility index (Phi) is 6.01. The van der Waals surface area contributed by atoms with Crippen LogP contribution in [0.3, 0.4) is 0 Å². The number of benzene rings is 2. The van der Waals surface area contributed by atoms with Gasteiger partial charge in [0.25, 0.3) is 0 Å². The van der Waals surface area contributed by atoms with Crippen LogP contribution in [0, 0.1) is 0 Å². The summed E-state index contributed by atoms with van der Waals surface area (Å²) in [5.41, 5.74) is 1.79. The number of methoxy groups -OCH3 is 1. The number of hydrogen-bond donors (Lipinski definition) is 3. The standard InChI is InChI=1S/C24H29N5O6/c1-24(2)34-19-18-13-28(3)29(21(33-18)20(19)35-24)23(31)27-16-7-5-14(6-8-16)25-22(30)26-15-9-11-17(32-4)12-10-15/h5-12,18-21H,13H2,1-4H3,(H,27,31)(H2,25,26,30)/t18-,19-,20-,21-/m1/s1. The van der Waals surface area contributed by atoms with Gasteiger partial charge in [0.15, 0.2) is 12.0 Å². The SMILES string of the molecule is COc1ccc(NC(=O)Nc2ccc(NC(=O)N3[C@@H]4O[C@H](CN3C)[C@H]3OC(C)(C)O[C@H]34)cc2)cc1. The first kappa shape index (κ1) is 23.4. The summed E-state index contributed by atoms with van der Waals surface area (Å²) in [7, 11) is 3.42. The highest BCUT2D eigenvalue weighted by molar-refractivity contribution is 6.00. The lowest BCUT2D eigenvalue weighted by molar-refractivity contribution is -0.247. The maximum absolute atomic E-state index is 13.1. The van der Waals surface area contributed by atoms with E-state index in [0.717, 1.165) is 0 Å². The Labute approximate surface area is 203 Å². The van der Waals surface area contributed by atoms with Crippen molar-refractivity contribution in [2.45, 2.75) is 44.2 Å². The van der Waals surface area contributed by atoms with Gasteiger partial charge in [-0.2, -0.15) is 0 Å². The van der Waals surface area contributed by atoms with E-state index in [0.29, 0.717) is 29.4 Å². The van der Waals surface area contributed by atoms with Crippen molar-refractivity contribution < 1.29 is 28.5 Å². The molecule has 3 heterocycles. The number of rotatable bonds is 4. The summed E-state index contributed by atoms with van der Waals surface area (Å²) in [5.74, 6) is -0.00712. The molecule has 0 unspecified atom stereocenters. The Morgan fingerprint density at radius 2 is 1.46 bits per heavy atom. The van der Waals surface area contributed by atoms with Crippen molar-refractivity contribution >= 4 is 29.1 Å². The highest BCUT2D eigenvalue weighted by Crippen LogP contribution is 2.42. The number of ether oxygens (including phenoxy) is 4. The van der Waals surface area contributed by atoms with Gasteiger partial charge in [-0.05, 0) is 62.4 Å². The van der Waals surface area contributed by atoms with Crippen LogP contribution >= 0.6 is 0 Å². The summed E-state index contributed by atoms with van der Waals surface area (Å²) < 4.78 is 23.2. The lowest BCUT2D eigenvalue weighted by Crippen LogP contribution is -2.59. The third kappa shape index (κ3) is 4.76. The van der Waals surface area contributed by atoms with Crippen LogP contribution in [0.4, 0.5) is 26.7 Å². The van der Waals surface area contributed by atoms with Gasteiger partial charge in [-0.15, -0.1) is 0 Å². The normalized spacial score (nSPS) is 26.7. The quantitative estimate of drug-likeness (QED) is 0.612. The number of hydrogen-bond acceptors (Lipinski definition) is 7. The van der Waals surface area contributed by atoms with Crippen molar-refractivity contribution in [3.8, 4) is 5.75 Å². The number of urea groups is 2. The molecule has 2 aromatic rings. The number of nitrogens with one attached hydrogen (secondary N) is 3. The van der Waals surface area contributed by atoms with Crippen LogP contribution in [0.5, 0.6) is 5.75 Å². The Bertz CT molecular complexity index is 1090. The zero-order chi connectivity index (χ0) is 24.7. The van der Waals surface area contributed by atoms with Crippen molar-refractivity contribution in [1.82, 2.24) is 10.0 Å². The van der Waals surface area contributed by atoms with Crippen molar-refractivity contribution in [2.75, 3.05) is 36.7 Å². The van der Waals surface area contributed by atoms with Crippen LogP contribution in [0.25, 0.3) is 0 Å². The molecular formula is C24H29N5O6. The van der Waals surface area contributed by atoms with Gasteiger partial charge in [-0.3, -0.25) is 0 Å². The van der Waals surface area contributed by atoms with Crippen LogP contribution in [0.15, 0.2) is 48.5 Å². The lowest BCUT2D eigenvalue weighted by Gasteiger charge is -2.42. The molecule has 4 atom stereocenters. The van der Waals surface area contributed by atoms with Gasteiger partial charge in [-0.1, -0.05) is 0 Å². The van der Waals surface area contributed by atoms with Gasteiger partial charge in [0.2, 0.25) is 0 Å². The molecule has 11 heteroatoms. The molecule has 0 radical (unpaired) electrons. The number of hydrazine groups is 1. The van der Waals surface area contributed by atoms with E-state index in [4.69, 9.17) is 18.9 Å². The van der Waals surface area contributed by atoms with Crippen LogP contribution in [0.1, 0.15) is 13.8 Å². The van der Waals surface area contributed by atoms with E-state index in [1.165, 1.54) is 5.01 Å². The number of nitrogens with zero attached hydrogens (tertiary/aromatic N) is 2. The maximum atomic E-state index is 13.1. The summed E-state index contributed by atoms with van der Waals surface area (Å²) in [6.45, 7) is 4.24. The van der Waals surface area contributed by atoms with E-state index in [2.05, 4.69) is 16.0 Å². The minimum atomic E-state index is -0.712. The van der Waals surface area contributed by atoms with Gasteiger partial charge >= 0.3 is 12.1 Å². The van der Waals surface area contributed by atoms with Crippen molar-refractivity contribution in [3.05, 3.63) is 48.5 Å². The fourth-order valence-corrected chi connectivity index (χ4v) is 4.60. The van der Waals surface area contributed by atoms with Crippen LogP contribution in [-0.2, 0) is 14.2 Å². The molecule has 3 aliphatic rings. The molecular weight excluding hydrogens is 454 g/mol. The molecule has 4 amide bonds. The highest BCUT2D eigenvalue weighted by Gasteiger charge is 2.61. The van der Waals surface area contributed by atoms with E-state index >= 15 is 0 Å². The number of anilines is 3. The summed E-state index contributed by atoms with van der Waals surface area (Å²) in [6.07, 6.45) is -1.31. The molecule has 3 aliphatic heterocycles. The van der Waals surface area contributed by atoms with Crippen LogP contribution < -0.4 is 20.7 Å². The van der Waals surface area contributed by atoms with Gasteiger partial charge in [0.1, 0.15) is 24.1 Å². The molecule has 35 heavy (non-hydrogen) atoms. The molecule has 2 bridgehead atoms. The van der Waals surface area contributed by atoms with Crippen LogP contribution in [0.2, 0.25) is 0 Å². The van der Waals surface area contributed by atoms with Crippen molar-refractivity contribution in [2.24, 2.45) is 0 Å². The Hall–Kier alpha value is -3.38. The molecule has 0 aromatic heterocycles.